The molecule has 3 heteroatoms. The van der Waals surface area contributed by atoms with Crippen LogP contribution in [-0.2, 0) is 6.42 Å². The first-order valence-electron chi connectivity index (χ1n) is 3.28. The van der Waals surface area contributed by atoms with Crippen molar-refractivity contribution in [3.63, 3.8) is 0 Å². The van der Waals surface area contributed by atoms with Gasteiger partial charge in [0.05, 0.1) is 0 Å². The van der Waals surface area contributed by atoms with Gasteiger partial charge in [-0.05, 0) is 30.2 Å². The van der Waals surface area contributed by atoms with Gasteiger partial charge in [0.25, 0.3) is 0 Å². The van der Waals surface area contributed by atoms with Crippen molar-refractivity contribution in [3.05, 3.63) is 34.1 Å². The summed E-state index contributed by atoms with van der Waals surface area (Å²) < 4.78 is 13.3. The van der Waals surface area contributed by atoms with Gasteiger partial charge in [-0.1, -0.05) is 15.9 Å². The Morgan fingerprint density at radius 1 is 1.36 bits per heavy atom. The Morgan fingerprint density at radius 3 is 2.64 bits per heavy atom. The zero-order valence-electron chi connectivity index (χ0n) is 5.85. The zero-order chi connectivity index (χ0) is 8.27. The van der Waals surface area contributed by atoms with Crippen LogP contribution in [0.5, 0.6) is 0 Å². The Hall–Kier alpha value is -0.410. The van der Waals surface area contributed by atoms with Crippen molar-refractivity contribution in [3.8, 4) is 0 Å². The third kappa shape index (κ3) is 2.60. The Bertz CT molecular complexity index is 230. The van der Waals surface area contributed by atoms with Crippen molar-refractivity contribution in [2.45, 2.75) is 6.42 Å². The van der Waals surface area contributed by atoms with Gasteiger partial charge in [-0.2, -0.15) is 0 Å². The molecule has 60 valence electrons. The number of aliphatic hydroxyl groups is 1. The van der Waals surface area contributed by atoms with E-state index in [4.69, 9.17) is 5.11 Å². The van der Waals surface area contributed by atoms with Gasteiger partial charge < -0.3 is 5.11 Å². The van der Waals surface area contributed by atoms with Gasteiger partial charge in [0.15, 0.2) is 0 Å². The van der Waals surface area contributed by atoms with Crippen LogP contribution in [0.4, 0.5) is 4.39 Å². The second kappa shape index (κ2) is 3.83. The first-order valence-corrected chi connectivity index (χ1v) is 4.07. The molecule has 0 radical (unpaired) electrons. The summed E-state index contributed by atoms with van der Waals surface area (Å²) in [5, 5.41) is 8.56. The Balaban J connectivity index is 2.89. The fraction of sp³-hybridized carbons (Fsp3) is 0.250. The predicted octanol–water partition coefficient (Wildman–Crippen LogP) is 2.12. The van der Waals surface area contributed by atoms with Gasteiger partial charge >= 0.3 is 0 Å². The maximum Gasteiger partial charge on any atom is 0.124 e. The van der Waals surface area contributed by atoms with E-state index in [1.165, 1.54) is 12.1 Å². The molecule has 0 spiro atoms. The van der Waals surface area contributed by atoms with Crippen LogP contribution in [0.3, 0.4) is 0 Å². The molecule has 11 heavy (non-hydrogen) atoms. The molecule has 0 unspecified atom stereocenters. The largest absolute Gasteiger partial charge is 0.396 e. The summed E-state index contributed by atoms with van der Waals surface area (Å²) in [5.74, 6) is -0.275. The molecule has 0 atom stereocenters. The number of halogens is 2. The van der Waals surface area contributed by atoms with E-state index in [-0.39, 0.29) is 12.4 Å². The van der Waals surface area contributed by atoms with E-state index in [1.807, 2.05) is 0 Å². The van der Waals surface area contributed by atoms with Gasteiger partial charge in [-0.15, -0.1) is 0 Å². The van der Waals surface area contributed by atoms with Gasteiger partial charge in [0.2, 0.25) is 0 Å². The number of hydrogen-bond donors (Lipinski definition) is 1. The summed E-state index contributed by atoms with van der Waals surface area (Å²) in [6, 6.07) is 4.60. The molecule has 0 aliphatic heterocycles. The molecule has 0 bridgehead atoms. The first kappa shape index (κ1) is 8.68. The van der Waals surface area contributed by atoms with Crippen LogP contribution in [0, 0.1) is 5.82 Å². The fourth-order valence-electron chi connectivity index (χ4n) is 0.884. The highest BCUT2D eigenvalue weighted by Crippen LogP contribution is 2.14. The average Bonchev–Trinajstić information content (AvgIpc) is 1.85. The molecule has 1 aromatic rings. The maximum absolute atomic E-state index is 12.6. The second-order valence-electron chi connectivity index (χ2n) is 2.25. The number of rotatable bonds is 2. The molecule has 0 heterocycles. The van der Waals surface area contributed by atoms with Crippen molar-refractivity contribution in [2.75, 3.05) is 6.61 Å². The van der Waals surface area contributed by atoms with Crippen LogP contribution >= 0.6 is 15.9 Å². The first-order chi connectivity index (χ1) is 5.22. The molecule has 0 saturated heterocycles. The standard InChI is InChI=1S/C8H8BrFO/c9-7-3-6(1-2-11)4-8(10)5-7/h3-5,11H,1-2H2. The number of hydrogen-bond acceptors (Lipinski definition) is 1. The van der Waals surface area contributed by atoms with Crippen LogP contribution in [0.2, 0.25) is 0 Å². The zero-order valence-corrected chi connectivity index (χ0v) is 7.44. The summed E-state index contributed by atoms with van der Waals surface area (Å²) in [7, 11) is 0. The topological polar surface area (TPSA) is 20.2 Å². The lowest BCUT2D eigenvalue weighted by atomic mass is 10.2. The normalized spacial score (nSPS) is 10.1. The third-order valence-corrected chi connectivity index (χ3v) is 1.78. The van der Waals surface area contributed by atoms with Gasteiger partial charge in [-0.25, -0.2) is 4.39 Å². The minimum Gasteiger partial charge on any atom is -0.396 e. The van der Waals surface area contributed by atoms with Crippen LogP contribution in [-0.4, -0.2) is 11.7 Å². The predicted molar refractivity (Wildman–Crippen MR) is 44.9 cm³/mol. The van der Waals surface area contributed by atoms with E-state index in [9.17, 15) is 4.39 Å². The summed E-state index contributed by atoms with van der Waals surface area (Å²) in [6.45, 7) is 0.0515. The lowest BCUT2D eigenvalue weighted by Crippen LogP contribution is -1.91. The molecule has 1 N–H and O–H groups in total. The van der Waals surface area contributed by atoms with Crippen molar-refractivity contribution in [1.82, 2.24) is 0 Å². The van der Waals surface area contributed by atoms with Crippen LogP contribution < -0.4 is 0 Å². The molecule has 0 aliphatic carbocycles. The second-order valence-corrected chi connectivity index (χ2v) is 3.17. The monoisotopic (exact) mass is 218 g/mol. The average molecular weight is 219 g/mol. The van der Waals surface area contributed by atoms with Crippen LogP contribution in [0.1, 0.15) is 5.56 Å². The van der Waals surface area contributed by atoms with E-state index in [0.717, 1.165) is 5.56 Å². The summed E-state index contributed by atoms with van der Waals surface area (Å²) >= 11 is 3.16. The summed E-state index contributed by atoms with van der Waals surface area (Å²) in [6.07, 6.45) is 0.496. The molecule has 1 rings (SSSR count). The minimum atomic E-state index is -0.275. The quantitative estimate of drug-likeness (QED) is 0.807. The molecule has 0 fully saturated rings. The molecule has 0 amide bonds. The highest BCUT2D eigenvalue weighted by Gasteiger charge is 1.97. The summed E-state index contributed by atoms with van der Waals surface area (Å²) in [4.78, 5) is 0. The number of aliphatic hydroxyl groups excluding tert-OH is 1. The highest BCUT2D eigenvalue weighted by atomic mass is 79.9. The van der Waals surface area contributed by atoms with E-state index in [1.54, 1.807) is 6.07 Å². The Morgan fingerprint density at radius 2 is 2.09 bits per heavy atom. The van der Waals surface area contributed by atoms with Gasteiger partial charge in [0.1, 0.15) is 5.82 Å². The van der Waals surface area contributed by atoms with E-state index < -0.39 is 0 Å². The van der Waals surface area contributed by atoms with Gasteiger partial charge in [-0.3, -0.25) is 0 Å². The maximum atomic E-state index is 12.6. The molecular weight excluding hydrogens is 211 g/mol. The third-order valence-electron chi connectivity index (χ3n) is 1.32. The molecule has 0 saturated carbocycles. The molecular formula is C8H8BrFO. The van der Waals surface area contributed by atoms with E-state index >= 15 is 0 Å². The minimum absolute atomic E-state index is 0.0515. The molecule has 0 aliphatic rings. The lowest BCUT2D eigenvalue weighted by Gasteiger charge is -1.98. The SMILES string of the molecule is OCCc1cc(F)cc(Br)c1. The Kier molecular flexibility index (Phi) is 3.02. The van der Waals surface area contributed by atoms with Crippen molar-refractivity contribution in [1.29, 1.82) is 0 Å². The van der Waals surface area contributed by atoms with Crippen molar-refractivity contribution < 1.29 is 9.50 Å². The lowest BCUT2D eigenvalue weighted by molar-refractivity contribution is 0.299. The van der Waals surface area contributed by atoms with Crippen molar-refractivity contribution >= 4 is 15.9 Å². The molecule has 0 aromatic heterocycles. The van der Waals surface area contributed by atoms with E-state index in [0.29, 0.717) is 10.9 Å². The molecule has 1 aromatic carbocycles. The smallest absolute Gasteiger partial charge is 0.124 e. The van der Waals surface area contributed by atoms with E-state index in [2.05, 4.69) is 15.9 Å². The highest BCUT2D eigenvalue weighted by molar-refractivity contribution is 9.10. The van der Waals surface area contributed by atoms with Gasteiger partial charge in [0, 0.05) is 11.1 Å². The number of benzene rings is 1. The molecule has 1 nitrogen and oxygen atoms in total. The van der Waals surface area contributed by atoms with Crippen LogP contribution in [0.15, 0.2) is 22.7 Å². The van der Waals surface area contributed by atoms with Crippen molar-refractivity contribution in [2.24, 2.45) is 0 Å². The Labute approximate surface area is 73.0 Å². The summed E-state index contributed by atoms with van der Waals surface area (Å²) in [5.41, 5.74) is 0.805. The van der Waals surface area contributed by atoms with Crippen LogP contribution in [0.25, 0.3) is 0 Å². The fourth-order valence-corrected chi connectivity index (χ4v) is 1.40.